The lowest BCUT2D eigenvalue weighted by molar-refractivity contribution is 0.670. The van der Waals surface area contributed by atoms with Gasteiger partial charge in [0.25, 0.3) is 0 Å². The first-order valence-corrected chi connectivity index (χ1v) is 18.5. The zero-order valence-electron chi connectivity index (χ0n) is 29.6. The maximum Gasteiger partial charge on any atom is 0.164 e. The largest absolute Gasteiger partial charge is 0.455 e. The molecule has 0 spiro atoms. The first kappa shape index (κ1) is 31.1. The van der Waals surface area contributed by atoms with Crippen LogP contribution in [0, 0.1) is 0 Å². The van der Waals surface area contributed by atoms with E-state index in [-0.39, 0.29) is 0 Å². The van der Waals surface area contributed by atoms with Gasteiger partial charge in [0.1, 0.15) is 11.2 Å². The van der Waals surface area contributed by atoms with Crippen LogP contribution in [0.25, 0.3) is 111 Å². The number of nitrogens with zero attached hydrogens (tertiary/aromatic N) is 3. The van der Waals surface area contributed by atoms with Gasteiger partial charge in [0.2, 0.25) is 0 Å². The highest BCUT2D eigenvalue weighted by Crippen LogP contribution is 2.44. The van der Waals surface area contributed by atoms with Gasteiger partial charge in [0.15, 0.2) is 17.5 Å². The minimum Gasteiger partial charge on any atom is -0.455 e. The van der Waals surface area contributed by atoms with Crippen molar-refractivity contribution in [3.8, 4) is 56.4 Å². The van der Waals surface area contributed by atoms with E-state index in [9.17, 15) is 0 Å². The molecule has 11 aromatic rings. The van der Waals surface area contributed by atoms with Gasteiger partial charge in [-0.2, -0.15) is 0 Å². The van der Waals surface area contributed by atoms with Crippen LogP contribution >= 0.6 is 0 Å². The first-order valence-electron chi connectivity index (χ1n) is 18.5. The Kier molecular flexibility index (Phi) is 7.14. The van der Waals surface area contributed by atoms with Crippen molar-refractivity contribution in [2.75, 3.05) is 0 Å². The number of benzene rings is 9. The van der Waals surface area contributed by atoms with Gasteiger partial charge in [-0.1, -0.05) is 170 Å². The van der Waals surface area contributed by atoms with Crippen LogP contribution in [0.2, 0.25) is 0 Å². The van der Waals surface area contributed by atoms with E-state index in [1.807, 2.05) is 66.7 Å². The van der Waals surface area contributed by atoms with Crippen molar-refractivity contribution in [3.63, 3.8) is 0 Å². The summed E-state index contributed by atoms with van der Waals surface area (Å²) >= 11 is 0. The van der Waals surface area contributed by atoms with Crippen LogP contribution in [0.4, 0.5) is 0 Å². The molecule has 0 fully saturated rings. The molecular formula is C51H31N3O. The molecule has 0 radical (unpaired) electrons. The average Bonchev–Trinajstić information content (AvgIpc) is 3.66. The number of hydrogen-bond acceptors (Lipinski definition) is 4. The molecule has 0 amide bonds. The highest BCUT2D eigenvalue weighted by molar-refractivity contribution is 6.26. The summed E-state index contributed by atoms with van der Waals surface area (Å²) in [6.07, 6.45) is 0. The molecule has 0 atom stereocenters. The summed E-state index contributed by atoms with van der Waals surface area (Å²) < 4.78 is 6.73. The predicted molar refractivity (Wildman–Crippen MR) is 227 cm³/mol. The Morgan fingerprint density at radius 1 is 0.291 bits per heavy atom. The number of fused-ring (bicyclic) bond motifs is 9. The van der Waals surface area contributed by atoms with Gasteiger partial charge in [-0.25, -0.2) is 15.0 Å². The summed E-state index contributed by atoms with van der Waals surface area (Å²) in [5.41, 5.74) is 8.92. The molecule has 0 aliphatic heterocycles. The first-order chi connectivity index (χ1) is 27.3. The Hall–Kier alpha value is -7.43. The van der Waals surface area contributed by atoms with Gasteiger partial charge in [0.05, 0.1) is 0 Å². The highest BCUT2D eigenvalue weighted by atomic mass is 16.3. The predicted octanol–water partition coefficient (Wildman–Crippen LogP) is 13.6. The fraction of sp³-hybridized carbons (Fsp3) is 0. The lowest BCUT2D eigenvalue weighted by Crippen LogP contribution is -2.00. The van der Waals surface area contributed by atoms with Crippen molar-refractivity contribution in [1.82, 2.24) is 15.0 Å². The van der Waals surface area contributed by atoms with E-state index in [1.165, 1.54) is 32.3 Å². The fourth-order valence-electron chi connectivity index (χ4n) is 8.11. The van der Waals surface area contributed by atoms with Crippen LogP contribution in [0.15, 0.2) is 192 Å². The lowest BCUT2D eigenvalue weighted by Gasteiger charge is -2.13. The molecule has 4 heteroatoms. The topological polar surface area (TPSA) is 51.8 Å². The molecule has 0 bridgehead atoms. The van der Waals surface area contributed by atoms with Gasteiger partial charge >= 0.3 is 0 Å². The summed E-state index contributed by atoms with van der Waals surface area (Å²) in [6.45, 7) is 0. The van der Waals surface area contributed by atoms with Crippen LogP contribution in [0.3, 0.4) is 0 Å². The Morgan fingerprint density at radius 3 is 1.29 bits per heavy atom. The maximum atomic E-state index is 6.73. The molecule has 11 rings (SSSR count). The van der Waals surface area contributed by atoms with Gasteiger partial charge < -0.3 is 4.42 Å². The smallest absolute Gasteiger partial charge is 0.164 e. The molecule has 2 aromatic heterocycles. The van der Waals surface area contributed by atoms with E-state index in [2.05, 4.69) is 121 Å². The third-order valence-electron chi connectivity index (χ3n) is 10.7. The van der Waals surface area contributed by atoms with Crippen molar-refractivity contribution in [2.24, 2.45) is 0 Å². The monoisotopic (exact) mass is 701 g/mol. The Bertz CT molecular complexity index is 3150. The molecule has 0 aliphatic carbocycles. The molecule has 9 aromatic carbocycles. The summed E-state index contributed by atoms with van der Waals surface area (Å²) in [6, 6.07) is 65.7. The number of rotatable bonds is 5. The third-order valence-corrected chi connectivity index (χ3v) is 10.7. The maximum absolute atomic E-state index is 6.73. The average molecular weight is 702 g/mol. The van der Waals surface area contributed by atoms with Crippen molar-refractivity contribution < 1.29 is 4.42 Å². The molecule has 0 saturated heterocycles. The Morgan fingerprint density at radius 2 is 0.709 bits per heavy atom. The Balaban J connectivity index is 1.05. The van der Waals surface area contributed by atoms with Crippen LogP contribution in [0.5, 0.6) is 0 Å². The van der Waals surface area contributed by atoms with Crippen LogP contribution in [0.1, 0.15) is 0 Å². The molecule has 0 N–H and O–H groups in total. The molecule has 2 heterocycles. The van der Waals surface area contributed by atoms with E-state index < -0.39 is 0 Å². The molecular weight excluding hydrogens is 671 g/mol. The van der Waals surface area contributed by atoms with E-state index >= 15 is 0 Å². The van der Waals surface area contributed by atoms with Crippen molar-refractivity contribution >= 4 is 54.3 Å². The quantitative estimate of drug-likeness (QED) is 0.168. The minimum atomic E-state index is 0.625. The number of furan rings is 1. The third kappa shape index (κ3) is 5.19. The number of aromatic nitrogens is 3. The summed E-state index contributed by atoms with van der Waals surface area (Å²) in [5, 5.41) is 9.79. The summed E-state index contributed by atoms with van der Waals surface area (Å²) in [4.78, 5) is 14.7. The zero-order chi connectivity index (χ0) is 36.3. The van der Waals surface area contributed by atoms with E-state index in [0.29, 0.717) is 17.5 Å². The molecule has 55 heavy (non-hydrogen) atoms. The van der Waals surface area contributed by atoms with E-state index in [4.69, 9.17) is 19.4 Å². The Labute approximate surface area is 317 Å². The van der Waals surface area contributed by atoms with Crippen LogP contribution in [-0.4, -0.2) is 15.0 Å². The second-order valence-corrected chi connectivity index (χ2v) is 13.9. The molecule has 0 saturated carbocycles. The van der Waals surface area contributed by atoms with Gasteiger partial charge in [-0.05, 0) is 67.2 Å². The number of hydrogen-bond donors (Lipinski definition) is 0. The van der Waals surface area contributed by atoms with Gasteiger partial charge in [-0.3, -0.25) is 0 Å². The number of para-hydroxylation sites is 1. The van der Waals surface area contributed by atoms with Gasteiger partial charge in [0, 0.05) is 33.0 Å². The van der Waals surface area contributed by atoms with Crippen molar-refractivity contribution in [1.29, 1.82) is 0 Å². The summed E-state index contributed by atoms with van der Waals surface area (Å²) in [5.74, 6) is 1.91. The van der Waals surface area contributed by atoms with Crippen LogP contribution < -0.4 is 0 Å². The second kappa shape index (κ2) is 12.6. The molecule has 4 nitrogen and oxygen atoms in total. The normalized spacial score (nSPS) is 11.6. The fourth-order valence-corrected chi connectivity index (χ4v) is 8.11. The second-order valence-electron chi connectivity index (χ2n) is 13.9. The molecule has 0 aliphatic rings. The minimum absolute atomic E-state index is 0.625. The van der Waals surface area contributed by atoms with Crippen LogP contribution in [-0.2, 0) is 0 Å². The SMILES string of the molecule is c1ccc(-c2nc(-c3ccccc3)nc(-c3ccc(-c4ccc(-c5ccc6c7ccccc7c7ccccc7c6c5)c5c4oc4ccccc45)cc3)n2)cc1. The highest BCUT2D eigenvalue weighted by Gasteiger charge is 2.19. The lowest BCUT2D eigenvalue weighted by atomic mass is 9.90. The van der Waals surface area contributed by atoms with E-state index in [0.717, 1.165) is 60.9 Å². The molecule has 256 valence electrons. The van der Waals surface area contributed by atoms with Crippen molar-refractivity contribution in [3.05, 3.63) is 188 Å². The standard InChI is InChI=1S/C51H31N3O/c1-3-13-33(14-4-1)49-52-50(34-15-5-2-6-16-34)54-51(53-49)35-25-23-32(24-26-35)38-30-29-37(47-44-21-11-12-22-46(44)55-48(38)47)36-27-28-43-41-19-8-7-17-39(41)40-18-9-10-20-42(40)45(43)31-36/h1-31H. The zero-order valence-corrected chi connectivity index (χ0v) is 29.6. The molecule has 0 unspecified atom stereocenters. The van der Waals surface area contributed by atoms with E-state index in [1.54, 1.807) is 0 Å². The van der Waals surface area contributed by atoms with Crippen molar-refractivity contribution in [2.45, 2.75) is 0 Å². The summed E-state index contributed by atoms with van der Waals surface area (Å²) in [7, 11) is 0. The van der Waals surface area contributed by atoms with Gasteiger partial charge in [-0.15, -0.1) is 0 Å².